The second kappa shape index (κ2) is 7.98. The maximum absolute atomic E-state index is 13.2. The first kappa shape index (κ1) is 18.7. The Labute approximate surface area is 140 Å². The molecule has 1 atom stereocenters. The second-order valence-corrected chi connectivity index (χ2v) is 6.22. The number of rotatable bonds is 5. The van der Waals surface area contributed by atoms with Crippen LogP contribution in [0.15, 0.2) is 30.3 Å². The fourth-order valence-electron chi connectivity index (χ4n) is 2.89. The van der Waals surface area contributed by atoms with Crippen molar-refractivity contribution in [2.45, 2.75) is 31.2 Å². The Kier molecular flexibility index (Phi) is 6.23. The van der Waals surface area contributed by atoms with Gasteiger partial charge >= 0.3 is 6.18 Å². The quantitative estimate of drug-likeness (QED) is 0.823. The summed E-state index contributed by atoms with van der Waals surface area (Å²) in [6.07, 6.45) is -5.00. The highest BCUT2D eigenvalue weighted by Crippen LogP contribution is 2.35. The minimum absolute atomic E-state index is 0.00381. The minimum atomic E-state index is -4.56. The van der Waals surface area contributed by atoms with E-state index >= 15 is 0 Å². The van der Waals surface area contributed by atoms with Gasteiger partial charge in [-0.1, -0.05) is 30.3 Å². The standard InChI is InChI=1S/C17H23F3N2O2/c1-21(2)14-8-10-22(11-9-14)15(23)12-24-16(17(18,19)20)13-6-4-3-5-7-13/h3-7,14,16H,8-12H2,1-2H3/t16-/m0/s1. The number of hydrogen-bond acceptors (Lipinski definition) is 3. The Morgan fingerprint density at radius 2 is 1.83 bits per heavy atom. The molecular weight excluding hydrogens is 321 g/mol. The summed E-state index contributed by atoms with van der Waals surface area (Å²) in [5.41, 5.74) is 0.00381. The molecule has 7 heteroatoms. The molecule has 1 fully saturated rings. The molecule has 0 spiro atoms. The zero-order valence-corrected chi connectivity index (χ0v) is 13.9. The van der Waals surface area contributed by atoms with Crippen LogP contribution in [0.4, 0.5) is 13.2 Å². The summed E-state index contributed by atoms with van der Waals surface area (Å²) < 4.78 is 44.5. The molecule has 1 heterocycles. The lowest BCUT2D eigenvalue weighted by Crippen LogP contribution is -2.46. The number of amides is 1. The summed E-state index contributed by atoms with van der Waals surface area (Å²) >= 11 is 0. The molecule has 1 aliphatic rings. The summed E-state index contributed by atoms with van der Waals surface area (Å²) in [6, 6.07) is 7.78. The third kappa shape index (κ3) is 4.95. The number of ether oxygens (including phenoxy) is 1. The molecule has 0 aliphatic carbocycles. The van der Waals surface area contributed by atoms with Gasteiger partial charge in [0.25, 0.3) is 0 Å². The number of benzene rings is 1. The average molecular weight is 344 g/mol. The number of carbonyl (C=O) groups excluding carboxylic acids is 1. The molecule has 1 saturated heterocycles. The zero-order valence-electron chi connectivity index (χ0n) is 13.9. The monoisotopic (exact) mass is 344 g/mol. The van der Waals surface area contributed by atoms with Crippen molar-refractivity contribution in [2.75, 3.05) is 33.8 Å². The minimum Gasteiger partial charge on any atom is -0.354 e. The van der Waals surface area contributed by atoms with Crippen LogP contribution in [0.3, 0.4) is 0 Å². The number of likely N-dealkylation sites (tertiary alicyclic amines) is 1. The largest absolute Gasteiger partial charge is 0.418 e. The van der Waals surface area contributed by atoms with E-state index in [4.69, 9.17) is 4.74 Å². The summed E-state index contributed by atoms with van der Waals surface area (Å²) in [5.74, 6) is -0.391. The molecule has 0 unspecified atom stereocenters. The van der Waals surface area contributed by atoms with Crippen LogP contribution in [-0.4, -0.2) is 61.7 Å². The highest BCUT2D eigenvalue weighted by molar-refractivity contribution is 5.77. The number of halogens is 3. The number of piperidine rings is 1. The van der Waals surface area contributed by atoms with E-state index in [2.05, 4.69) is 4.90 Å². The van der Waals surface area contributed by atoms with Gasteiger partial charge in [0, 0.05) is 19.1 Å². The molecule has 1 amide bonds. The van der Waals surface area contributed by atoms with Crippen LogP contribution in [0.2, 0.25) is 0 Å². The molecule has 0 saturated carbocycles. The molecule has 0 aromatic heterocycles. The van der Waals surface area contributed by atoms with Crippen LogP contribution < -0.4 is 0 Å². The maximum atomic E-state index is 13.2. The van der Waals surface area contributed by atoms with Crippen molar-refractivity contribution in [3.63, 3.8) is 0 Å². The summed E-state index contributed by atoms with van der Waals surface area (Å²) in [5, 5.41) is 0. The Balaban J connectivity index is 1.92. The van der Waals surface area contributed by atoms with Crippen LogP contribution in [0.25, 0.3) is 0 Å². The highest BCUT2D eigenvalue weighted by atomic mass is 19.4. The van der Waals surface area contributed by atoms with Crippen LogP contribution in [0.5, 0.6) is 0 Å². The number of alkyl halides is 3. The smallest absolute Gasteiger partial charge is 0.354 e. The van der Waals surface area contributed by atoms with Gasteiger partial charge in [0.1, 0.15) is 6.61 Å². The first-order valence-electron chi connectivity index (χ1n) is 7.96. The van der Waals surface area contributed by atoms with Gasteiger partial charge in [-0.3, -0.25) is 4.79 Å². The third-order valence-corrected chi connectivity index (χ3v) is 4.32. The molecule has 4 nitrogen and oxygen atoms in total. The van der Waals surface area contributed by atoms with E-state index in [1.54, 1.807) is 11.0 Å². The molecule has 0 N–H and O–H groups in total. The van der Waals surface area contributed by atoms with Crippen molar-refractivity contribution >= 4 is 5.91 Å². The zero-order chi connectivity index (χ0) is 17.7. The summed E-state index contributed by atoms with van der Waals surface area (Å²) in [6.45, 7) is 0.534. The van der Waals surface area contributed by atoms with Crippen molar-refractivity contribution in [3.05, 3.63) is 35.9 Å². The van der Waals surface area contributed by atoms with Crippen LogP contribution in [-0.2, 0) is 9.53 Å². The van der Waals surface area contributed by atoms with E-state index in [1.807, 2.05) is 14.1 Å². The van der Waals surface area contributed by atoms with Crippen LogP contribution >= 0.6 is 0 Å². The van der Waals surface area contributed by atoms with E-state index in [0.717, 1.165) is 12.8 Å². The fraction of sp³-hybridized carbons (Fsp3) is 0.588. The van der Waals surface area contributed by atoms with Gasteiger partial charge in [0.05, 0.1) is 0 Å². The molecule has 134 valence electrons. The van der Waals surface area contributed by atoms with Crippen molar-refractivity contribution in [2.24, 2.45) is 0 Å². The number of nitrogens with zero attached hydrogens (tertiary/aromatic N) is 2. The molecule has 0 bridgehead atoms. The van der Waals surface area contributed by atoms with Crippen molar-refractivity contribution in [1.29, 1.82) is 0 Å². The Bertz CT molecular complexity index is 526. The molecule has 1 aromatic carbocycles. The molecular formula is C17H23F3N2O2. The predicted molar refractivity (Wildman–Crippen MR) is 84.5 cm³/mol. The van der Waals surface area contributed by atoms with Crippen LogP contribution in [0, 0.1) is 0 Å². The van der Waals surface area contributed by atoms with Crippen molar-refractivity contribution in [1.82, 2.24) is 9.80 Å². The van der Waals surface area contributed by atoms with Gasteiger partial charge in [0.15, 0.2) is 6.10 Å². The fourth-order valence-corrected chi connectivity index (χ4v) is 2.89. The van der Waals surface area contributed by atoms with Gasteiger partial charge in [0.2, 0.25) is 5.91 Å². The van der Waals surface area contributed by atoms with E-state index in [9.17, 15) is 18.0 Å². The highest BCUT2D eigenvalue weighted by Gasteiger charge is 2.42. The van der Waals surface area contributed by atoms with E-state index in [0.29, 0.717) is 19.1 Å². The number of hydrogen-bond donors (Lipinski definition) is 0. The summed E-state index contributed by atoms with van der Waals surface area (Å²) in [4.78, 5) is 15.8. The van der Waals surface area contributed by atoms with Gasteiger partial charge in [-0.25, -0.2) is 0 Å². The normalized spacial score (nSPS) is 18.0. The van der Waals surface area contributed by atoms with Crippen LogP contribution in [0.1, 0.15) is 24.5 Å². The lowest BCUT2D eigenvalue weighted by atomic mass is 10.0. The second-order valence-electron chi connectivity index (χ2n) is 6.22. The Morgan fingerprint density at radius 1 is 1.25 bits per heavy atom. The number of carbonyl (C=O) groups is 1. The first-order chi connectivity index (χ1) is 11.3. The Hall–Kier alpha value is -1.60. The molecule has 24 heavy (non-hydrogen) atoms. The van der Waals surface area contributed by atoms with Gasteiger partial charge < -0.3 is 14.5 Å². The molecule has 2 rings (SSSR count). The van der Waals surface area contributed by atoms with Gasteiger partial charge in [-0.05, 0) is 32.5 Å². The predicted octanol–water partition coefficient (Wildman–Crippen LogP) is 2.86. The lowest BCUT2D eigenvalue weighted by Gasteiger charge is -2.35. The lowest BCUT2D eigenvalue weighted by molar-refractivity contribution is -0.224. The van der Waals surface area contributed by atoms with Gasteiger partial charge in [-0.2, -0.15) is 13.2 Å². The topological polar surface area (TPSA) is 32.8 Å². The third-order valence-electron chi connectivity index (χ3n) is 4.32. The molecule has 1 aliphatic heterocycles. The van der Waals surface area contributed by atoms with E-state index in [-0.39, 0.29) is 5.56 Å². The SMILES string of the molecule is CN(C)C1CCN(C(=O)CO[C@@H](c2ccccc2)C(F)(F)F)CC1. The van der Waals surface area contributed by atoms with Crippen molar-refractivity contribution < 1.29 is 22.7 Å². The molecule has 1 aromatic rings. The van der Waals surface area contributed by atoms with E-state index < -0.39 is 24.8 Å². The van der Waals surface area contributed by atoms with Gasteiger partial charge in [-0.15, -0.1) is 0 Å². The molecule has 0 radical (unpaired) electrons. The first-order valence-corrected chi connectivity index (χ1v) is 7.96. The average Bonchev–Trinajstić information content (AvgIpc) is 2.54. The maximum Gasteiger partial charge on any atom is 0.418 e. The summed E-state index contributed by atoms with van der Waals surface area (Å²) in [7, 11) is 3.97. The van der Waals surface area contributed by atoms with Crippen molar-refractivity contribution in [3.8, 4) is 0 Å². The Morgan fingerprint density at radius 3 is 2.33 bits per heavy atom. The van der Waals surface area contributed by atoms with E-state index in [1.165, 1.54) is 24.3 Å².